The van der Waals surface area contributed by atoms with Gasteiger partial charge in [0.1, 0.15) is 6.54 Å². The van der Waals surface area contributed by atoms with E-state index in [1.165, 1.54) is 6.07 Å². The molecule has 5 aromatic rings. The predicted molar refractivity (Wildman–Crippen MR) is 194 cm³/mol. The van der Waals surface area contributed by atoms with Gasteiger partial charge >= 0.3 is 18.3 Å². The summed E-state index contributed by atoms with van der Waals surface area (Å²) in [5.74, 6) is 0. The summed E-state index contributed by atoms with van der Waals surface area (Å²) < 4.78 is 48.2. The fourth-order valence-corrected chi connectivity index (χ4v) is 6.58. The number of unbranched alkanes of at least 4 members (excludes halogenated alkanes) is 2. The van der Waals surface area contributed by atoms with Crippen LogP contribution >= 0.6 is 0 Å². The first-order valence-corrected chi connectivity index (χ1v) is 17.3. The Hall–Kier alpha value is -5.73. The van der Waals surface area contributed by atoms with E-state index in [4.69, 9.17) is 15.6 Å². The zero-order valence-corrected chi connectivity index (χ0v) is 29.7. The molecule has 0 saturated carbocycles. The van der Waals surface area contributed by atoms with E-state index < -0.39 is 24.4 Å². The second kappa shape index (κ2) is 15.1. The SMILES string of the molecule is CC(C)(C)C(CCCCCOC(N)=O)n1cc2cc(-c3cc(-c4ccc(NC(=O)N5Cc6ccncc6C5)cc4)nn(CC(F)(F)F)c3=O)ccc2n1. The van der Waals surface area contributed by atoms with Crippen molar-refractivity contribution in [2.75, 3.05) is 11.9 Å². The number of rotatable bonds is 11. The second-order valence-corrected chi connectivity index (χ2v) is 14.3. The van der Waals surface area contributed by atoms with Gasteiger partial charge in [-0.05, 0) is 77.8 Å². The topological polar surface area (TPSA) is 150 Å². The van der Waals surface area contributed by atoms with Gasteiger partial charge in [-0.2, -0.15) is 23.4 Å². The van der Waals surface area contributed by atoms with Crippen molar-refractivity contribution >= 4 is 28.7 Å². The van der Waals surface area contributed by atoms with Crippen LogP contribution in [-0.2, 0) is 24.4 Å². The van der Waals surface area contributed by atoms with Crippen LogP contribution in [-0.4, -0.2) is 54.4 Å². The van der Waals surface area contributed by atoms with Gasteiger partial charge in [0.05, 0.1) is 29.4 Å². The molecule has 0 spiro atoms. The third kappa shape index (κ3) is 9.02. The minimum Gasteiger partial charge on any atom is -0.450 e. The van der Waals surface area contributed by atoms with Crippen LogP contribution in [0.4, 0.5) is 28.4 Å². The Morgan fingerprint density at radius 2 is 1.68 bits per heavy atom. The molecule has 1 atom stereocenters. The number of carbonyl (C=O) groups is 2. The molecule has 0 radical (unpaired) electrons. The van der Waals surface area contributed by atoms with Crippen molar-refractivity contribution in [2.24, 2.45) is 11.1 Å². The Morgan fingerprint density at radius 3 is 2.38 bits per heavy atom. The maximum atomic E-state index is 13.7. The average molecular weight is 731 g/mol. The summed E-state index contributed by atoms with van der Waals surface area (Å²) in [5.41, 5.74) is 8.28. The largest absolute Gasteiger partial charge is 0.450 e. The number of primary amides is 1. The lowest BCUT2D eigenvalue weighted by molar-refractivity contribution is -0.143. The molecule has 3 aromatic heterocycles. The Balaban J connectivity index is 1.25. The number of carbonyl (C=O) groups excluding carboxylic acids is 2. The minimum absolute atomic E-state index is 0.0173. The molecule has 6 rings (SSSR count). The number of urea groups is 1. The van der Waals surface area contributed by atoms with Gasteiger partial charge in [0, 0.05) is 48.3 Å². The highest BCUT2D eigenvalue weighted by molar-refractivity contribution is 5.90. The maximum Gasteiger partial charge on any atom is 0.408 e. The van der Waals surface area contributed by atoms with Gasteiger partial charge in [0.25, 0.3) is 5.56 Å². The molecule has 1 aliphatic heterocycles. The molecule has 3 amide bonds. The van der Waals surface area contributed by atoms with Crippen molar-refractivity contribution in [3.05, 3.63) is 94.7 Å². The number of halogens is 3. The van der Waals surface area contributed by atoms with Crippen LogP contribution in [0.2, 0.25) is 0 Å². The third-order valence-electron chi connectivity index (χ3n) is 9.27. The molecule has 0 bridgehead atoms. The normalized spacial score (nSPS) is 13.6. The number of benzene rings is 2. The molecule has 1 unspecified atom stereocenters. The van der Waals surface area contributed by atoms with Crippen molar-refractivity contribution in [3.8, 4) is 22.4 Å². The van der Waals surface area contributed by atoms with Crippen LogP contribution in [0, 0.1) is 5.41 Å². The van der Waals surface area contributed by atoms with Gasteiger partial charge in [-0.3, -0.25) is 14.5 Å². The van der Waals surface area contributed by atoms with E-state index in [0.717, 1.165) is 35.8 Å². The number of alkyl halides is 3. The van der Waals surface area contributed by atoms with E-state index in [1.807, 2.05) is 16.9 Å². The molecule has 53 heavy (non-hydrogen) atoms. The minimum atomic E-state index is -4.69. The van der Waals surface area contributed by atoms with Crippen molar-refractivity contribution in [3.63, 3.8) is 0 Å². The monoisotopic (exact) mass is 730 g/mol. The number of nitrogens with one attached hydrogen (secondary N) is 1. The van der Waals surface area contributed by atoms with Gasteiger partial charge in [0.2, 0.25) is 0 Å². The van der Waals surface area contributed by atoms with Crippen molar-refractivity contribution in [1.82, 2.24) is 29.4 Å². The first kappa shape index (κ1) is 37.0. The number of hydrogen-bond donors (Lipinski definition) is 2. The standard InChI is InChI=1S/C38H41F3N8O4/c1-37(2,3)33(7-5-4-6-16-53-35(42)51)48-22-27-17-25(10-13-31(27)45-48)30-18-32(46-49(34(30)50)23-38(39,40)41)24-8-11-29(12-9-24)44-36(52)47-20-26-14-15-43-19-28(26)21-47/h8-15,17-19,22,33H,4-7,16,20-21,23H2,1-3H3,(H2,42,51)(H,44,52). The molecule has 0 saturated heterocycles. The van der Waals surface area contributed by atoms with Crippen LogP contribution in [0.5, 0.6) is 0 Å². The van der Waals surface area contributed by atoms with E-state index in [1.54, 1.807) is 59.8 Å². The molecule has 15 heteroatoms. The van der Waals surface area contributed by atoms with E-state index in [-0.39, 0.29) is 35.4 Å². The number of nitrogens with two attached hydrogens (primary N) is 1. The molecular formula is C38H41F3N8O4. The quantitative estimate of drug-likeness (QED) is 0.132. The molecular weight excluding hydrogens is 689 g/mol. The number of nitrogens with zero attached hydrogens (tertiary/aromatic N) is 6. The smallest absolute Gasteiger partial charge is 0.408 e. The van der Waals surface area contributed by atoms with Crippen LogP contribution in [0.15, 0.2) is 78.0 Å². The summed E-state index contributed by atoms with van der Waals surface area (Å²) in [6, 6.07) is 14.8. The Kier molecular flexibility index (Phi) is 10.5. The summed E-state index contributed by atoms with van der Waals surface area (Å²) in [6.07, 6.45) is 3.04. The van der Waals surface area contributed by atoms with Crippen molar-refractivity contribution in [1.29, 1.82) is 0 Å². The highest BCUT2D eigenvalue weighted by Gasteiger charge is 2.31. The van der Waals surface area contributed by atoms with Gasteiger partial charge in [0.15, 0.2) is 0 Å². The van der Waals surface area contributed by atoms with Crippen LogP contribution in [0.3, 0.4) is 0 Å². The summed E-state index contributed by atoms with van der Waals surface area (Å²) in [4.78, 5) is 43.1. The number of ether oxygens (including phenoxy) is 1. The second-order valence-electron chi connectivity index (χ2n) is 14.3. The fraction of sp³-hybridized carbons (Fsp3) is 0.368. The van der Waals surface area contributed by atoms with Gasteiger partial charge in [-0.25, -0.2) is 14.3 Å². The van der Waals surface area contributed by atoms with E-state index in [0.29, 0.717) is 46.5 Å². The Labute approximate surface area is 303 Å². The molecule has 3 N–H and O–H groups in total. The zero-order chi connectivity index (χ0) is 37.9. The summed E-state index contributed by atoms with van der Waals surface area (Å²) >= 11 is 0. The number of hydrogen-bond acceptors (Lipinski definition) is 7. The van der Waals surface area contributed by atoms with Gasteiger partial charge < -0.3 is 20.7 Å². The first-order chi connectivity index (χ1) is 25.1. The summed E-state index contributed by atoms with van der Waals surface area (Å²) in [5, 5.41) is 12.5. The predicted octanol–water partition coefficient (Wildman–Crippen LogP) is 7.67. The summed E-state index contributed by atoms with van der Waals surface area (Å²) in [6.45, 7) is 5.96. The lowest BCUT2D eigenvalue weighted by Crippen LogP contribution is -2.31. The molecule has 278 valence electrons. The summed E-state index contributed by atoms with van der Waals surface area (Å²) in [7, 11) is 0. The number of amides is 3. The van der Waals surface area contributed by atoms with E-state index >= 15 is 0 Å². The van der Waals surface area contributed by atoms with Crippen LogP contribution in [0.25, 0.3) is 33.3 Å². The molecule has 12 nitrogen and oxygen atoms in total. The van der Waals surface area contributed by atoms with Crippen LogP contribution in [0.1, 0.15) is 63.6 Å². The average Bonchev–Trinajstić information content (AvgIpc) is 3.72. The third-order valence-corrected chi connectivity index (χ3v) is 9.27. The van der Waals surface area contributed by atoms with Crippen molar-refractivity contribution in [2.45, 2.75) is 78.3 Å². The maximum absolute atomic E-state index is 13.7. The molecule has 2 aromatic carbocycles. The number of fused-ring (bicyclic) bond motifs is 2. The highest BCUT2D eigenvalue weighted by atomic mass is 19.4. The molecule has 1 aliphatic rings. The van der Waals surface area contributed by atoms with Gasteiger partial charge in [-0.1, -0.05) is 45.4 Å². The van der Waals surface area contributed by atoms with Crippen molar-refractivity contribution < 1.29 is 27.5 Å². The zero-order valence-electron chi connectivity index (χ0n) is 29.7. The number of anilines is 1. The van der Waals surface area contributed by atoms with E-state index in [9.17, 15) is 27.6 Å². The fourth-order valence-electron chi connectivity index (χ4n) is 6.58. The Bertz CT molecular complexity index is 2150. The number of pyridine rings is 1. The molecule has 4 heterocycles. The first-order valence-electron chi connectivity index (χ1n) is 17.3. The highest BCUT2D eigenvalue weighted by Crippen LogP contribution is 2.36. The Morgan fingerprint density at radius 1 is 0.943 bits per heavy atom. The van der Waals surface area contributed by atoms with Crippen LogP contribution < -0.4 is 16.6 Å². The van der Waals surface area contributed by atoms with Gasteiger partial charge in [-0.15, -0.1) is 0 Å². The molecule has 0 fully saturated rings. The lowest BCUT2D eigenvalue weighted by Gasteiger charge is -2.31. The lowest BCUT2D eigenvalue weighted by atomic mass is 9.83. The number of aromatic nitrogens is 5. The molecule has 0 aliphatic carbocycles. The van der Waals surface area contributed by atoms with E-state index in [2.05, 4.69) is 36.2 Å².